The molecule has 0 amide bonds. The van der Waals surface area contributed by atoms with Crippen molar-refractivity contribution in [1.29, 1.82) is 0 Å². The van der Waals surface area contributed by atoms with Crippen LogP contribution in [-0.2, 0) is 23.2 Å². The van der Waals surface area contributed by atoms with Crippen molar-refractivity contribution < 1.29 is 23.2 Å². The molecule has 1 aliphatic rings. The molecule has 0 aromatic carbocycles. The smallest absolute Gasteiger partial charge is 0.309 e. The number of nitrogens with zero attached hydrogens (tertiary/aromatic N) is 1. The van der Waals surface area contributed by atoms with Gasteiger partial charge in [0.15, 0.2) is 16.6 Å². The van der Waals surface area contributed by atoms with Crippen molar-refractivity contribution in [2.75, 3.05) is 0 Å². The van der Waals surface area contributed by atoms with E-state index in [2.05, 4.69) is 105 Å². The Balaban J connectivity index is 2.70. The van der Waals surface area contributed by atoms with E-state index in [1.807, 2.05) is 46.1 Å². The fraction of sp³-hybridized carbons (Fsp3) is 0.718. The molecular formula is C39H67NO5SSi2. The summed E-state index contributed by atoms with van der Waals surface area (Å²) in [4.78, 5) is 33.4. The second-order valence-electron chi connectivity index (χ2n) is 17.7. The van der Waals surface area contributed by atoms with E-state index in [9.17, 15) is 9.59 Å². The van der Waals surface area contributed by atoms with Crippen LogP contribution in [0.4, 0.5) is 0 Å². The van der Waals surface area contributed by atoms with Crippen molar-refractivity contribution in [3.05, 3.63) is 45.5 Å². The summed E-state index contributed by atoms with van der Waals surface area (Å²) in [5, 5.41) is 2.89. The first-order valence-corrected chi connectivity index (χ1v) is 24.4. The maximum Gasteiger partial charge on any atom is 0.309 e. The summed E-state index contributed by atoms with van der Waals surface area (Å²) in [6, 6.07) is 0. The Kier molecular flexibility index (Phi) is 14.3. The van der Waals surface area contributed by atoms with E-state index in [0.717, 1.165) is 28.3 Å². The molecule has 0 radical (unpaired) electrons. The predicted molar refractivity (Wildman–Crippen MR) is 208 cm³/mol. The van der Waals surface area contributed by atoms with Gasteiger partial charge >= 0.3 is 5.97 Å². The van der Waals surface area contributed by atoms with E-state index in [-0.39, 0.29) is 40.3 Å². The number of hydrogen-bond donors (Lipinski definition) is 0. The van der Waals surface area contributed by atoms with Crippen molar-refractivity contribution >= 4 is 45.8 Å². The normalized spacial score (nSPS) is 26.3. The maximum absolute atomic E-state index is 14.8. The minimum atomic E-state index is -2.40. The first kappa shape index (κ1) is 42.5. The highest BCUT2D eigenvalue weighted by molar-refractivity contribution is 7.09. The number of Topliss-reactive ketones (excluding diaryl/α,β-unsaturated/α-hetero) is 1. The number of cyclic esters (lactones) is 1. The number of aromatic nitrogens is 1. The van der Waals surface area contributed by atoms with Crippen LogP contribution in [0.25, 0.3) is 6.08 Å². The zero-order valence-corrected chi connectivity index (χ0v) is 36.1. The van der Waals surface area contributed by atoms with Gasteiger partial charge in [0.25, 0.3) is 0 Å². The number of allylic oxidation sites excluding steroid dienone is 3. The second-order valence-corrected chi connectivity index (χ2v) is 28.3. The highest BCUT2D eigenvalue weighted by Crippen LogP contribution is 2.44. The molecule has 9 heteroatoms. The molecule has 0 unspecified atom stereocenters. The first-order chi connectivity index (χ1) is 21.7. The van der Waals surface area contributed by atoms with Gasteiger partial charge in [-0.15, -0.1) is 11.3 Å². The van der Waals surface area contributed by atoms with E-state index in [1.165, 1.54) is 0 Å². The summed E-state index contributed by atoms with van der Waals surface area (Å²) in [6.07, 6.45) is 8.38. The summed E-state index contributed by atoms with van der Waals surface area (Å²) >= 11 is 1.60. The fourth-order valence-electron chi connectivity index (χ4n) is 5.52. The van der Waals surface area contributed by atoms with Gasteiger partial charge in [-0.25, -0.2) is 4.98 Å². The van der Waals surface area contributed by atoms with Gasteiger partial charge in [-0.2, -0.15) is 0 Å². The van der Waals surface area contributed by atoms with Crippen molar-refractivity contribution in [3.63, 3.8) is 0 Å². The van der Waals surface area contributed by atoms with Crippen LogP contribution in [0.3, 0.4) is 0 Å². The van der Waals surface area contributed by atoms with Crippen LogP contribution in [0, 0.1) is 24.2 Å². The molecule has 2 heterocycles. The molecule has 5 atom stereocenters. The number of rotatable bonds is 6. The van der Waals surface area contributed by atoms with E-state index < -0.39 is 40.2 Å². The van der Waals surface area contributed by atoms with Gasteiger partial charge in [0.05, 0.1) is 29.3 Å². The molecule has 1 aromatic heterocycles. The standard InChI is InChI=1S/C39H67NO5SSi2/c1-26-19-18-20-27(2)35(45-48(16,17)38(9,10)11)29(4)36(42)39(12,13)33(44-47(14,15)37(6,7)8)24-34(41)43-32(22-21-26)28(3)23-31-25-46-30(5)40-31/h18-19,21,23,25,27,29,32-33,35H,20,22,24H2,1-17H3/b19-18?,26-21?,28-23+/t27-,29+,32-,33-,35-/m0/s1. The summed E-state index contributed by atoms with van der Waals surface area (Å²) in [5.74, 6) is -0.595. The Bertz CT molecular complexity index is 1360. The number of carbonyl (C=O) groups is 2. The van der Waals surface area contributed by atoms with E-state index >= 15 is 0 Å². The molecule has 1 aromatic rings. The van der Waals surface area contributed by atoms with E-state index in [0.29, 0.717) is 6.42 Å². The van der Waals surface area contributed by atoms with Gasteiger partial charge in [0.2, 0.25) is 0 Å². The second kappa shape index (κ2) is 16.1. The van der Waals surface area contributed by atoms with Crippen LogP contribution < -0.4 is 0 Å². The summed E-state index contributed by atoms with van der Waals surface area (Å²) < 4.78 is 20.4. The number of thiazole rings is 1. The molecule has 0 N–H and O–H groups in total. The summed E-state index contributed by atoms with van der Waals surface area (Å²) in [7, 11) is -4.62. The molecule has 2 rings (SSSR count). The Hall–Kier alpha value is -1.66. The molecule has 0 saturated heterocycles. The van der Waals surface area contributed by atoms with E-state index in [4.69, 9.17) is 13.6 Å². The van der Waals surface area contributed by atoms with Crippen LogP contribution in [0.5, 0.6) is 0 Å². The third kappa shape index (κ3) is 11.2. The monoisotopic (exact) mass is 717 g/mol. The number of aryl methyl sites for hydroxylation is 1. The first-order valence-electron chi connectivity index (χ1n) is 17.7. The number of hydrogen-bond acceptors (Lipinski definition) is 7. The molecule has 0 saturated carbocycles. The Morgan fingerprint density at radius 3 is 2.06 bits per heavy atom. The van der Waals surface area contributed by atoms with Crippen molar-refractivity contribution in [2.24, 2.45) is 17.3 Å². The van der Waals surface area contributed by atoms with Gasteiger partial charge < -0.3 is 13.6 Å². The van der Waals surface area contributed by atoms with Crippen LogP contribution in [0.2, 0.25) is 36.3 Å². The van der Waals surface area contributed by atoms with Crippen LogP contribution in [0.15, 0.2) is 34.8 Å². The molecular weight excluding hydrogens is 651 g/mol. The Morgan fingerprint density at radius 1 is 0.979 bits per heavy atom. The lowest BCUT2D eigenvalue weighted by atomic mass is 9.73. The van der Waals surface area contributed by atoms with Crippen LogP contribution in [-0.4, -0.2) is 51.7 Å². The van der Waals surface area contributed by atoms with Crippen molar-refractivity contribution in [2.45, 2.75) is 164 Å². The number of ketones is 1. The molecule has 0 aliphatic carbocycles. The maximum atomic E-state index is 14.8. The molecule has 6 nitrogen and oxygen atoms in total. The molecule has 0 fully saturated rings. The van der Waals surface area contributed by atoms with Crippen LogP contribution in [0.1, 0.15) is 113 Å². The van der Waals surface area contributed by atoms with E-state index in [1.54, 1.807) is 11.3 Å². The molecule has 48 heavy (non-hydrogen) atoms. The third-order valence-electron chi connectivity index (χ3n) is 11.1. The van der Waals surface area contributed by atoms with Crippen LogP contribution >= 0.6 is 11.3 Å². The van der Waals surface area contributed by atoms with Crippen molar-refractivity contribution in [1.82, 2.24) is 4.98 Å². The lowest BCUT2D eigenvalue weighted by Gasteiger charge is -2.46. The van der Waals surface area contributed by atoms with Gasteiger partial charge in [0.1, 0.15) is 11.9 Å². The topological polar surface area (TPSA) is 74.7 Å². The lowest BCUT2D eigenvalue weighted by Crippen LogP contribution is -2.54. The largest absolute Gasteiger partial charge is 0.457 e. The average Bonchev–Trinajstić information content (AvgIpc) is 3.34. The zero-order valence-electron chi connectivity index (χ0n) is 33.3. The molecule has 1 aliphatic heterocycles. The Labute approximate surface area is 299 Å². The van der Waals surface area contributed by atoms with Gasteiger partial charge in [-0.3, -0.25) is 9.59 Å². The number of esters is 1. The van der Waals surface area contributed by atoms with Crippen molar-refractivity contribution in [3.8, 4) is 0 Å². The highest BCUT2D eigenvalue weighted by Gasteiger charge is 2.50. The predicted octanol–water partition coefficient (Wildman–Crippen LogP) is 11.1. The molecule has 0 spiro atoms. The zero-order chi connectivity index (χ0) is 37.0. The van der Waals surface area contributed by atoms with Gasteiger partial charge in [0, 0.05) is 23.1 Å². The lowest BCUT2D eigenvalue weighted by molar-refractivity contribution is -0.153. The highest BCUT2D eigenvalue weighted by atomic mass is 32.1. The molecule has 272 valence electrons. The average molecular weight is 718 g/mol. The quantitative estimate of drug-likeness (QED) is 0.215. The van der Waals surface area contributed by atoms with Gasteiger partial charge in [-0.05, 0) is 81.0 Å². The minimum Gasteiger partial charge on any atom is -0.457 e. The van der Waals surface area contributed by atoms with Gasteiger partial charge in [-0.1, -0.05) is 93.0 Å². The fourth-order valence-corrected chi connectivity index (χ4v) is 9.00. The molecule has 0 bridgehead atoms. The number of ether oxygens (including phenoxy) is 1. The summed E-state index contributed by atoms with van der Waals surface area (Å²) in [5.41, 5.74) is 1.92. The summed E-state index contributed by atoms with van der Waals surface area (Å²) in [6.45, 7) is 36.3. The minimum absolute atomic E-state index is 0.00536. The Morgan fingerprint density at radius 2 is 1.54 bits per heavy atom. The third-order valence-corrected chi connectivity index (χ3v) is 20.8. The number of carbonyl (C=O) groups excluding carboxylic acids is 2. The SMILES string of the molecule is CC1=CC[C@@H](/C(C)=C/c2csc(C)n2)OC(=O)C[C@H](O[Si](C)(C)C(C)(C)C)C(C)(C)C(=O)[C@H](C)[C@@H](O[Si](C)(C)C(C)(C)C)[C@@H](C)CC=C1.